The molecule has 0 aromatic carbocycles. The number of hydrogen-bond acceptors (Lipinski definition) is 6. The zero-order valence-corrected chi connectivity index (χ0v) is 14.4. The van der Waals surface area contributed by atoms with E-state index in [-0.39, 0.29) is 24.5 Å². The van der Waals surface area contributed by atoms with Crippen LogP contribution in [0, 0.1) is 5.92 Å². The summed E-state index contributed by atoms with van der Waals surface area (Å²) in [6, 6.07) is 0.439. The van der Waals surface area contributed by atoms with Crippen molar-refractivity contribution >= 4 is 17.8 Å². The Labute approximate surface area is 147 Å². The molecule has 0 aliphatic carbocycles. The number of likely N-dealkylation sites (tertiary alicyclic amines) is 1. The molecule has 0 aromatic rings. The molecular weight excluding hydrogens is 326 g/mol. The molecule has 3 aliphatic rings. The van der Waals surface area contributed by atoms with Crippen LogP contribution in [-0.2, 0) is 19.1 Å². The quantitative estimate of drug-likeness (QED) is 0.584. The first-order chi connectivity index (χ1) is 12.0. The van der Waals surface area contributed by atoms with E-state index >= 15 is 0 Å². The molecule has 3 unspecified atom stereocenters. The second-order valence-corrected chi connectivity index (χ2v) is 7.30. The monoisotopic (exact) mass is 353 g/mol. The van der Waals surface area contributed by atoms with E-state index in [4.69, 9.17) is 9.84 Å². The Bertz CT molecular complexity index is 510. The highest BCUT2D eigenvalue weighted by atomic mass is 16.5. The summed E-state index contributed by atoms with van der Waals surface area (Å²) in [4.78, 5) is 35.7. The number of piperidine rings is 3. The highest BCUT2D eigenvalue weighted by Crippen LogP contribution is 2.27. The number of nitrogens with one attached hydrogen (secondary N) is 2. The molecule has 0 bridgehead atoms. The molecule has 3 fully saturated rings. The number of hydrogen-bond donors (Lipinski definition) is 3. The van der Waals surface area contributed by atoms with Gasteiger partial charge in [-0.05, 0) is 51.1 Å². The van der Waals surface area contributed by atoms with Gasteiger partial charge in [-0.3, -0.25) is 24.6 Å². The molecule has 0 radical (unpaired) electrons. The molecule has 0 saturated carbocycles. The van der Waals surface area contributed by atoms with Gasteiger partial charge in [0.1, 0.15) is 6.10 Å². The van der Waals surface area contributed by atoms with E-state index in [2.05, 4.69) is 10.6 Å². The summed E-state index contributed by atoms with van der Waals surface area (Å²) < 4.78 is 5.89. The number of carbonyl (C=O) groups excluding carboxylic acids is 2. The maximum absolute atomic E-state index is 11.8. The Morgan fingerprint density at radius 1 is 1.16 bits per heavy atom. The van der Waals surface area contributed by atoms with Crippen LogP contribution in [0.15, 0.2) is 0 Å². The minimum atomic E-state index is -0.761. The fraction of sp³-hybridized carbons (Fsp3) is 0.824. The molecule has 3 aliphatic heterocycles. The Kier molecular flexibility index (Phi) is 6.03. The van der Waals surface area contributed by atoms with E-state index < -0.39 is 12.1 Å². The topological polar surface area (TPSA) is 108 Å². The van der Waals surface area contributed by atoms with Gasteiger partial charge in [-0.2, -0.15) is 0 Å². The minimum Gasteiger partial charge on any atom is -0.480 e. The first-order valence-electron chi connectivity index (χ1n) is 9.18. The molecule has 0 aromatic heterocycles. The highest BCUT2D eigenvalue weighted by Gasteiger charge is 2.34. The maximum atomic E-state index is 11.8. The molecule has 2 amide bonds. The molecule has 0 spiro atoms. The standard InChI is InChI=1S/C17H27N3O5/c21-15-4-3-14(17(24)19-15)25-12-1-2-13(18-9-12)11-5-7-20(8-6-11)10-16(22)23/h11-14,18H,1-10H2,(H,22,23)(H,19,21,24). The van der Waals surface area contributed by atoms with Crippen LogP contribution in [0.25, 0.3) is 0 Å². The number of imide groups is 1. The van der Waals surface area contributed by atoms with Crippen molar-refractivity contribution in [1.82, 2.24) is 15.5 Å². The second-order valence-electron chi connectivity index (χ2n) is 7.30. The van der Waals surface area contributed by atoms with Gasteiger partial charge in [-0.25, -0.2) is 0 Å². The lowest BCUT2D eigenvalue weighted by molar-refractivity contribution is -0.147. The summed E-state index contributed by atoms with van der Waals surface area (Å²) in [7, 11) is 0. The van der Waals surface area contributed by atoms with Gasteiger partial charge in [0.2, 0.25) is 5.91 Å². The third-order valence-electron chi connectivity index (χ3n) is 5.51. The lowest BCUT2D eigenvalue weighted by atomic mass is 9.84. The van der Waals surface area contributed by atoms with Gasteiger partial charge in [-0.1, -0.05) is 0 Å². The molecule has 8 heteroatoms. The predicted octanol–water partition coefficient (Wildman–Crippen LogP) is -0.275. The van der Waals surface area contributed by atoms with Crippen molar-refractivity contribution in [3.05, 3.63) is 0 Å². The van der Waals surface area contributed by atoms with Crippen molar-refractivity contribution in [1.29, 1.82) is 0 Å². The van der Waals surface area contributed by atoms with Crippen LogP contribution < -0.4 is 10.6 Å². The van der Waals surface area contributed by atoms with Crippen LogP contribution in [0.5, 0.6) is 0 Å². The van der Waals surface area contributed by atoms with Crippen LogP contribution in [0.3, 0.4) is 0 Å². The van der Waals surface area contributed by atoms with E-state index in [1.165, 1.54) is 0 Å². The second kappa shape index (κ2) is 8.25. The van der Waals surface area contributed by atoms with Crippen molar-refractivity contribution in [3.8, 4) is 0 Å². The fourth-order valence-electron chi connectivity index (χ4n) is 4.11. The number of carboxylic acid groups (broad SMARTS) is 1. The van der Waals surface area contributed by atoms with E-state index in [1.54, 1.807) is 0 Å². The van der Waals surface area contributed by atoms with Gasteiger partial charge in [0, 0.05) is 19.0 Å². The van der Waals surface area contributed by atoms with Gasteiger partial charge >= 0.3 is 5.97 Å². The van der Waals surface area contributed by atoms with Crippen LogP contribution in [0.4, 0.5) is 0 Å². The number of carbonyl (C=O) groups is 3. The third kappa shape index (κ3) is 4.99. The maximum Gasteiger partial charge on any atom is 0.317 e. The first kappa shape index (κ1) is 18.3. The number of amides is 2. The fourth-order valence-corrected chi connectivity index (χ4v) is 4.11. The largest absolute Gasteiger partial charge is 0.480 e. The molecule has 140 valence electrons. The van der Waals surface area contributed by atoms with Gasteiger partial charge in [0.05, 0.1) is 12.6 Å². The third-order valence-corrected chi connectivity index (χ3v) is 5.51. The van der Waals surface area contributed by atoms with Crippen molar-refractivity contribution in [3.63, 3.8) is 0 Å². The van der Waals surface area contributed by atoms with Gasteiger partial charge in [-0.15, -0.1) is 0 Å². The van der Waals surface area contributed by atoms with Gasteiger partial charge in [0.15, 0.2) is 0 Å². The molecule has 3 rings (SSSR count). The van der Waals surface area contributed by atoms with Crippen molar-refractivity contribution in [2.45, 2.75) is 56.8 Å². The zero-order valence-electron chi connectivity index (χ0n) is 14.4. The van der Waals surface area contributed by atoms with Crippen molar-refractivity contribution in [2.75, 3.05) is 26.2 Å². The summed E-state index contributed by atoms with van der Waals surface area (Å²) in [6.07, 6.45) is 4.24. The van der Waals surface area contributed by atoms with Crippen LogP contribution in [-0.4, -0.2) is 72.2 Å². The van der Waals surface area contributed by atoms with Gasteiger partial charge in [0.25, 0.3) is 5.91 Å². The SMILES string of the molecule is O=C(O)CN1CCC(C2CCC(OC3CCC(=O)NC3=O)CN2)CC1. The molecule has 25 heavy (non-hydrogen) atoms. The minimum absolute atomic E-state index is 0.00676. The lowest BCUT2D eigenvalue weighted by Gasteiger charge is -2.40. The van der Waals surface area contributed by atoms with E-state index in [0.717, 1.165) is 45.3 Å². The van der Waals surface area contributed by atoms with Crippen LogP contribution >= 0.6 is 0 Å². The Morgan fingerprint density at radius 3 is 2.52 bits per heavy atom. The Morgan fingerprint density at radius 2 is 1.92 bits per heavy atom. The Hall–Kier alpha value is -1.51. The lowest BCUT2D eigenvalue weighted by Crippen LogP contribution is -2.52. The summed E-state index contributed by atoms with van der Waals surface area (Å²) in [5, 5.41) is 14.7. The van der Waals surface area contributed by atoms with Gasteiger partial charge < -0.3 is 15.2 Å². The number of nitrogens with zero attached hydrogens (tertiary/aromatic N) is 1. The van der Waals surface area contributed by atoms with E-state index in [0.29, 0.717) is 24.8 Å². The Balaban J connectivity index is 1.38. The molecule has 8 nitrogen and oxygen atoms in total. The van der Waals surface area contributed by atoms with Crippen LogP contribution in [0.2, 0.25) is 0 Å². The predicted molar refractivity (Wildman–Crippen MR) is 88.9 cm³/mol. The molecule has 3 N–H and O–H groups in total. The molecular formula is C17H27N3O5. The summed E-state index contributed by atoms with van der Waals surface area (Å²) in [6.45, 7) is 2.53. The summed E-state index contributed by atoms with van der Waals surface area (Å²) >= 11 is 0. The summed E-state index contributed by atoms with van der Waals surface area (Å²) in [5.74, 6) is -0.727. The van der Waals surface area contributed by atoms with E-state index in [9.17, 15) is 14.4 Å². The average molecular weight is 353 g/mol. The van der Waals surface area contributed by atoms with E-state index in [1.807, 2.05) is 4.90 Å². The molecule has 3 saturated heterocycles. The normalized spacial score (nSPS) is 32.4. The highest BCUT2D eigenvalue weighted by molar-refractivity contribution is 5.99. The van der Waals surface area contributed by atoms with Crippen molar-refractivity contribution < 1.29 is 24.2 Å². The average Bonchev–Trinajstić information content (AvgIpc) is 2.58. The smallest absolute Gasteiger partial charge is 0.317 e. The number of rotatable bonds is 5. The van der Waals surface area contributed by atoms with Crippen molar-refractivity contribution in [2.24, 2.45) is 5.92 Å². The first-order valence-corrected chi connectivity index (χ1v) is 9.18. The van der Waals surface area contributed by atoms with Crippen LogP contribution in [0.1, 0.15) is 38.5 Å². The molecule has 3 atom stereocenters. The number of ether oxygens (including phenoxy) is 1. The number of aliphatic carboxylic acids is 1. The number of carboxylic acids is 1. The molecule has 3 heterocycles. The summed E-state index contributed by atoms with van der Waals surface area (Å²) in [5.41, 5.74) is 0. The zero-order chi connectivity index (χ0) is 17.8.